The molecule has 10 heteroatoms. The van der Waals surface area contributed by atoms with Crippen molar-refractivity contribution in [3.05, 3.63) is 56.6 Å². The smallest absolute Gasteiger partial charge is 0.315 e. The highest BCUT2D eigenvalue weighted by molar-refractivity contribution is 7.99. The van der Waals surface area contributed by atoms with Crippen molar-refractivity contribution >= 4 is 41.2 Å². The molecular weight excluding hydrogens is 430 g/mol. The number of hydrazone groups is 1. The molecule has 0 spiro atoms. The van der Waals surface area contributed by atoms with Crippen molar-refractivity contribution in [2.24, 2.45) is 5.10 Å². The summed E-state index contributed by atoms with van der Waals surface area (Å²) in [6.07, 6.45) is 1.41. The number of carbonyl (C=O) groups excluding carboxylic acids is 1. The molecule has 1 amide bonds. The van der Waals surface area contributed by atoms with Crippen LogP contribution in [0.1, 0.15) is 25.0 Å². The first-order chi connectivity index (χ1) is 14.4. The average Bonchev–Trinajstić information content (AvgIpc) is 2.70. The van der Waals surface area contributed by atoms with Gasteiger partial charge in [0, 0.05) is 21.5 Å². The molecule has 2 rings (SSSR count). The maximum Gasteiger partial charge on any atom is 0.315 e. The summed E-state index contributed by atoms with van der Waals surface area (Å²) in [7, 11) is 1.39. The van der Waals surface area contributed by atoms with Crippen LogP contribution in [-0.4, -0.2) is 36.5 Å². The number of amides is 1. The molecule has 0 heterocycles. The number of hydrogen-bond donors (Lipinski definition) is 1. The minimum atomic E-state index is -0.560. The van der Waals surface area contributed by atoms with Crippen LogP contribution in [0.4, 0.5) is 5.69 Å². The predicted octanol–water partition coefficient (Wildman–Crippen LogP) is 4.46. The first kappa shape index (κ1) is 23.5. The number of ether oxygens (including phenoxy) is 2. The fourth-order valence-electron chi connectivity index (χ4n) is 2.63. The number of nitro benzene ring substituents is 1. The minimum Gasteiger partial charge on any atom is -0.493 e. The van der Waals surface area contributed by atoms with Crippen molar-refractivity contribution in [3.63, 3.8) is 0 Å². The number of thioether (sulfide) groups is 1. The number of hydrogen-bond acceptors (Lipinski definition) is 7. The standard InChI is InChI=1S/C20H22ClN3O5S/c1-4-29-20-16(24(26)27)8-13(9-17(20)28-3)12-22-23-19(25)11-14-10-15(21)6-7-18(14)30-5-2/h6-10,12H,4-5,11H2,1-3H3,(H,23,25)/b22-12-. The van der Waals surface area contributed by atoms with Gasteiger partial charge in [0.1, 0.15) is 0 Å². The molecule has 2 aromatic carbocycles. The zero-order valence-corrected chi connectivity index (χ0v) is 18.4. The van der Waals surface area contributed by atoms with Crippen molar-refractivity contribution in [1.82, 2.24) is 5.43 Å². The van der Waals surface area contributed by atoms with Gasteiger partial charge in [0.25, 0.3) is 0 Å². The molecule has 160 valence electrons. The van der Waals surface area contributed by atoms with Crippen LogP contribution >= 0.6 is 23.4 Å². The summed E-state index contributed by atoms with van der Waals surface area (Å²) in [5, 5.41) is 15.8. The van der Waals surface area contributed by atoms with Gasteiger partial charge in [-0.25, -0.2) is 5.43 Å². The molecule has 0 bridgehead atoms. The molecule has 0 aliphatic carbocycles. The first-order valence-corrected chi connectivity index (χ1v) is 10.5. The quantitative estimate of drug-likeness (QED) is 0.247. The van der Waals surface area contributed by atoms with E-state index in [4.69, 9.17) is 21.1 Å². The van der Waals surface area contributed by atoms with Crippen molar-refractivity contribution in [2.75, 3.05) is 19.5 Å². The Morgan fingerprint density at radius 2 is 2.10 bits per heavy atom. The molecule has 30 heavy (non-hydrogen) atoms. The van der Waals surface area contributed by atoms with Crippen LogP contribution in [0.15, 0.2) is 40.3 Å². The Bertz CT molecular complexity index is 952. The molecule has 0 radical (unpaired) electrons. The van der Waals surface area contributed by atoms with Gasteiger partial charge in [-0.2, -0.15) is 5.10 Å². The largest absolute Gasteiger partial charge is 0.493 e. The van der Waals surface area contributed by atoms with Crippen LogP contribution in [0.5, 0.6) is 11.5 Å². The van der Waals surface area contributed by atoms with Gasteiger partial charge in [0.2, 0.25) is 11.7 Å². The minimum absolute atomic E-state index is 0.0492. The molecule has 8 nitrogen and oxygen atoms in total. The topological polar surface area (TPSA) is 103 Å². The van der Waals surface area contributed by atoms with Gasteiger partial charge in [-0.1, -0.05) is 18.5 Å². The summed E-state index contributed by atoms with van der Waals surface area (Å²) in [4.78, 5) is 24.1. The third kappa shape index (κ3) is 6.36. The number of nitrogens with one attached hydrogen (secondary N) is 1. The van der Waals surface area contributed by atoms with E-state index in [1.54, 1.807) is 36.9 Å². The van der Waals surface area contributed by atoms with Gasteiger partial charge in [-0.15, -0.1) is 11.8 Å². The summed E-state index contributed by atoms with van der Waals surface area (Å²) in [5.74, 6) is 0.790. The van der Waals surface area contributed by atoms with Gasteiger partial charge < -0.3 is 9.47 Å². The summed E-state index contributed by atoms with van der Waals surface area (Å²) < 4.78 is 10.5. The van der Waals surface area contributed by atoms with Crippen molar-refractivity contribution in [2.45, 2.75) is 25.2 Å². The molecule has 0 aliphatic rings. The van der Waals surface area contributed by atoms with E-state index in [9.17, 15) is 14.9 Å². The number of halogens is 1. The molecule has 0 aliphatic heterocycles. The molecule has 1 N–H and O–H groups in total. The lowest BCUT2D eigenvalue weighted by Crippen LogP contribution is -2.20. The van der Waals surface area contributed by atoms with Gasteiger partial charge >= 0.3 is 5.69 Å². The Hall–Kier alpha value is -2.78. The fraction of sp³-hybridized carbons (Fsp3) is 0.300. The Balaban J connectivity index is 2.15. The molecule has 0 unspecified atom stereocenters. The van der Waals surface area contributed by atoms with Gasteiger partial charge in [-0.05, 0) is 42.5 Å². The molecule has 0 fully saturated rings. The maximum atomic E-state index is 12.3. The van der Waals surface area contributed by atoms with Crippen LogP contribution in [0, 0.1) is 10.1 Å². The van der Waals surface area contributed by atoms with Crippen molar-refractivity contribution in [1.29, 1.82) is 0 Å². The van der Waals surface area contributed by atoms with Crippen LogP contribution in [0.3, 0.4) is 0 Å². The normalized spacial score (nSPS) is 10.8. The van der Waals surface area contributed by atoms with Crippen LogP contribution in [0.25, 0.3) is 0 Å². The number of carbonyl (C=O) groups is 1. The monoisotopic (exact) mass is 451 g/mol. The van der Waals surface area contributed by atoms with Crippen molar-refractivity contribution in [3.8, 4) is 11.5 Å². The Morgan fingerprint density at radius 1 is 1.33 bits per heavy atom. The van der Waals surface area contributed by atoms with Crippen molar-refractivity contribution < 1.29 is 19.2 Å². The number of benzene rings is 2. The fourth-order valence-corrected chi connectivity index (χ4v) is 3.62. The summed E-state index contributed by atoms with van der Waals surface area (Å²) in [6, 6.07) is 8.26. The van der Waals surface area contributed by atoms with Crippen LogP contribution < -0.4 is 14.9 Å². The lowest BCUT2D eigenvalue weighted by atomic mass is 10.1. The van der Waals surface area contributed by atoms with Crippen LogP contribution in [0.2, 0.25) is 5.02 Å². The first-order valence-electron chi connectivity index (χ1n) is 9.11. The SMILES string of the molecule is CCOc1c(OC)cc(/C=N\NC(=O)Cc2cc(Cl)ccc2SCC)cc1[N+](=O)[O-]. The second-order valence-corrected chi connectivity index (χ2v) is 7.66. The van der Waals surface area contributed by atoms with Gasteiger partial charge in [0.05, 0.1) is 31.3 Å². The third-order valence-corrected chi connectivity index (χ3v) is 5.07. The predicted molar refractivity (Wildman–Crippen MR) is 118 cm³/mol. The Kier molecular flexibility index (Phi) is 8.94. The Morgan fingerprint density at radius 3 is 2.73 bits per heavy atom. The number of nitrogens with zero attached hydrogens (tertiary/aromatic N) is 2. The highest BCUT2D eigenvalue weighted by Gasteiger charge is 2.21. The summed E-state index contributed by atoms with van der Waals surface area (Å²) in [5.41, 5.74) is 3.37. The van der Waals surface area contributed by atoms with Gasteiger partial charge in [-0.3, -0.25) is 14.9 Å². The van der Waals surface area contributed by atoms with Crippen LogP contribution in [-0.2, 0) is 11.2 Å². The van der Waals surface area contributed by atoms with E-state index >= 15 is 0 Å². The molecule has 0 saturated heterocycles. The molecule has 0 aromatic heterocycles. The van der Waals surface area contributed by atoms with E-state index in [0.29, 0.717) is 10.6 Å². The molecule has 0 saturated carbocycles. The van der Waals surface area contributed by atoms with E-state index in [0.717, 1.165) is 16.2 Å². The number of methoxy groups -OCH3 is 1. The van der Waals surface area contributed by atoms with E-state index < -0.39 is 4.92 Å². The van der Waals surface area contributed by atoms with E-state index in [-0.39, 0.29) is 36.1 Å². The second kappa shape index (κ2) is 11.4. The maximum absolute atomic E-state index is 12.3. The third-order valence-electron chi connectivity index (χ3n) is 3.84. The number of rotatable bonds is 10. The summed E-state index contributed by atoms with van der Waals surface area (Å²) >= 11 is 7.66. The average molecular weight is 452 g/mol. The Labute approximate surface area is 183 Å². The highest BCUT2D eigenvalue weighted by atomic mass is 35.5. The van der Waals surface area contributed by atoms with E-state index in [2.05, 4.69) is 10.5 Å². The summed E-state index contributed by atoms with van der Waals surface area (Å²) in [6.45, 7) is 4.00. The second-order valence-electron chi connectivity index (χ2n) is 5.92. The van der Waals surface area contributed by atoms with E-state index in [1.807, 2.05) is 13.0 Å². The number of nitro groups is 1. The lowest BCUT2D eigenvalue weighted by Gasteiger charge is -2.10. The highest BCUT2D eigenvalue weighted by Crippen LogP contribution is 2.37. The van der Waals surface area contributed by atoms with E-state index in [1.165, 1.54) is 19.4 Å². The molecule has 0 atom stereocenters. The zero-order chi connectivity index (χ0) is 22.1. The van der Waals surface area contributed by atoms with Gasteiger partial charge in [0.15, 0.2) is 5.75 Å². The zero-order valence-electron chi connectivity index (χ0n) is 16.8. The molecule has 2 aromatic rings. The molecular formula is C20H22ClN3O5S. The lowest BCUT2D eigenvalue weighted by molar-refractivity contribution is -0.385.